The molecule has 36 heavy (non-hydrogen) atoms. The summed E-state index contributed by atoms with van der Waals surface area (Å²) in [6.45, 7) is 0.861. The third-order valence-electron chi connectivity index (χ3n) is 5.07. The number of aliphatic hydroxyl groups is 2. The number of benzene rings is 2. The molecule has 10 heteroatoms. The number of aromatic nitrogens is 1. The molecular weight excluding hydrogens is 482 g/mol. The molecule has 0 saturated carbocycles. The van der Waals surface area contributed by atoms with Gasteiger partial charge in [0.15, 0.2) is 5.75 Å². The lowest BCUT2D eigenvalue weighted by Crippen LogP contribution is -2.29. The quantitative estimate of drug-likeness (QED) is 0.227. The van der Waals surface area contributed by atoms with Gasteiger partial charge in [0.25, 0.3) is 0 Å². The van der Waals surface area contributed by atoms with Gasteiger partial charge in [-0.15, -0.1) is 11.3 Å². The maximum atomic E-state index is 12.0. The number of carbonyl (C=O) groups is 1. The van der Waals surface area contributed by atoms with Gasteiger partial charge in [-0.25, -0.2) is 9.78 Å². The van der Waals surface area contributed by atoms with Gasteiger partial charge in [-0.05, 0) is 23.1 Å². The van der Waals surface area contributed by atoms with E-state index in [0.29, 0.717) is 40.9 Å². The maximum absolute atomic E-state index is 12.0. The molecule has 0 saturated heterocycles. The van der Waals surface area contributed by atoms with Crippen LogP contribution in [-0.4, -0.2) is 47.6 Å². The summed E-state index contributed by atoms with van der Waals surface area (Å²) in [5.41, 5.74) is 1.92. The summed E-state index contributed by atoms with van der Waals surface area (Å²) in [7, 11) is 0. The Morgan fingerprint density at radius 1 is 0.944 bits per heavy atom. The Bertz CT molecular complexity index is 1280. The van der Waals surface area contributed by atoms with Crippen LogP contribution in [0.5, 0.6) is 17.2 Å². The molecule has 0 aliphatic heterocycles. The van der Waals surface area contributed by atoms with Gasteiger partial charge in [-0.3, -0.25) is 0 Å². The molecule has 0 spiro atoms. The maximum Gasteiger partial charge on any atom is 0.412 e. The molecule has 0 unspecified atom stereocenters. The molecule has 0 aliphatic rings. The average Bonchev–Trinajstić information content (AvgIpc) is 3.35. The second-order valence-electron chi connectivity index (χ2n) is 7.66. The minimum absolute atomic E-state index is 0.0588. The van der Waals surface area contributed by atoms with Gasteiger partial charge in [0.2, 0.25) is 0 Å². The van der Waals surface area contributed by atoms with E-state index in [9.17, 15) is 9.90 Å². The molecule has 0 atom stereocenters. The van der Waals surface area contributed by atoms with Crippen molar-refractivity contribution in [1.29, 1.82) is 0 Å². The van der Waals surface area contributed by atoms with Crippen molar-refractivity contribution in [2.45, 2.75) is 13.2 Å². The third kappa shape index (κ3) is 6.63. The van der Waals surface area contributed by atoms with Crippen molar-refractivity contribution in [3.05, 3.63) is 77.3 Å². The monoisotopic (exact) mass is 509 g/mol. The van der Waals surface area contributed by atoms with E-state index in [1.165, 1.54) is 17.5 Å². The highest BCUT2D eigenvalue weighted by molar-refractivity contribution is 7.17. The molecule has 9 nitrogen and oxygen atoms in total. The van der Waals surface area contributed by atoms with E-state index in [-0.39, 0.29) is 26.4 Å². The second kappa shape index (κ2) is 12.7. The van der Waals surface area contributed by atoms with E-state index >= 15 is 0 Å². The third-order valence-corrected chi connectivity index (χ3v) is 6.12. The number of carbonyl (C=O) groups excluding carboxylic acids is 1. The van der Waals surface area contributed by atoms with Gasteiger partial charge in [-0.2, -0.15) is 0 Å². The summed E-state index contributed by atoms with van der Waals surface area (Å²) in [6.07, 6.45) is 0.775. The molecule has 188 valence electrons. The smallest absolute Gasteiger partial charge is 0.412 e. The highest BCUT2D eigenvalue weighted by atomic mass is 32.1. The Kier molecular flexibility index (Phi) is 8.92. The van der Waals surface area contributed by atoms with Crippen molar-refractivity contribution in [3.63, 3.8) is 0 Å². The SMILES string of the molecule is O=C(NCCO)Oc1cnc(NCCO)c2c(COc3cccc(OCc4ccccc4)c3)csc12. The number of rotatable bonds is 12. The number of amides is 1. The average molecular weight is 510 g/mol. The van der Waals surface area contributed by atoms with Gasteiger partial charge in [-0.1, -0.05) is 36.4 Å². The zero-order valence-electron chi connectivity index (χ0n) is 19.5. The molecule has 0 radical (unpaired) electrons. The number of anilines is 1. The number of nitrogens with one attached hydrogen (secondary N) is 2. The van der Waals surface area contributed by atoms with Crippen LogP contribution in [0, 0.1) is 0 Å². The molecule has 1 amide bonds. The van der Waals surface area contributed by atoms with Crippen LogP contribution < -0.4 is 24.8 Å². The van der Waals surface area contributed by atoms with E-state index in [2.05, 4.69) is 15.6 Å². The molecule has 2 aromatic carbocycles. The lowest BCUT2D eigenvalue weighted by molar-refractivity contribution is 0.196. The summed E-state index contributed by atoms with van der Waals surface area (Å²) < 4.78 is 18.1. The van der Waals surface area contributed by atoms with E-state index < -0.39 is 6.09 Å². The van der Waals surface area contributed by atoms with Crippen LogP contribution >= 0.6 is 11.3 Å². The highest BCUT2D eigenvalue weighted by Gasteiger charge is 2.17. The molecule has 0 aliphatic carbocycles. The summed E-state index contributed by atoms with van der Waals surface area (Å²) in [5.74, 6) is 2.20. The van der Waals surface area contributed by atoms with Crippen LogP contribution in [0.1, 0.15) is 11.1 Å². The Morgan fingerprint density at radius 3 is 2.44 bits per heavy atom. The van der Waals surface area contributed by atoms with Crippen molar-refractivity contribution in [2.75, 3.05) is 31.6 Å². The summed E-state index contributed by atoms with van der Waals surface area (Å²) in [4.78, 5) is 16.4. The van der Waals surface area contributed by atoms with E-state index in [0.717, 1.165) is 16.5 Å². The molecule has 4 N–H and O–H groups in total. The topological polar surface area (TPSA) is 122 Å². The number of fused-ring (bicyclic) bond motifs is 1. The molecule has 2 aromatic heterocycles. The number of hydrogen-bond acceptors (Lipinski definition) is 9. The zero-order valence-corrected chi connectivity index (χ0v) is 20.3. The molecule has 2 heterocycles. The Balaban J connectivity index is 1.50. The number of aliphatic hydroxyl groups excluding tert-OH is 2. The lowest BCUT2D eigenvalue weighted by atomic mass is 10.2. The first-order chi connectivity index (χ1) is 17.7. The standard InChI is InChI=1S/C26H27N3O6S/c30-11-9-27-25-23-19(17-36-24(23)22(14-29-25)35-26(32)28-10-12-31)16-34-21-8-4-7-20(13-21)33-15-18-5-2-1-3-6-18/h1-8,13-14,17,30-31H,9-12,15-16H2,(H,27,29)(H,28,32). The van der Waals surface area contributed by atoms with Crippen molar-refractivity contribution in [2.24, 2.45) is 0 Å². The number of ether oxygens (including phenoxy) is 3. The van der Waals surface area contributed by atoms with Crippen LogP contribution in [0.15, 0.2) is 66.2 Å². The molecule has 4 rings (SSSR count). The Labute approximate surface area is 212 Å². The van der Waals surface area contributed by atoms with E-state index in [1.54, 1.807) is 0 Å². The lowest BCUT2D eigenvalue weighted by Gasteiger charge is -2.12. The number of thiophene rings is 1. The summed E-state index contributed by atoms with van der Waals surface area (Å²) in [5, 5.41) is 26.4. The van der Waals surface area contributed by atoms with Crippen molar-refractivity contribution in [1.82, 2.24) is 10.3 Å². The van der Waals surface area contributed by atoms with Gasteiger partial charge in [0.05, 0.1) is 24.1 Å². The molecular formula is C26H27N3O6S. The normalized spacial score (nSPS) is 10.7. The van der Waals surface area contributed by atoms with Crippen LogP contribution in [0.3, 0.4) is 0 Å². The Morgan fingerprint density at radius 2 is 1.69 bits per heavy atom. The van der Waals surface area contributed by atoms with Gasteiger partial charge in [0, 0.05) is 30.1 Å². The van der Waals surface area contributed by atoms with Crippen LogP contribution in [0.4, 0.5) is 10.6 Å². The second-order valence-corrected chi connectivity index (χ2v) is 8.54. The van der Waals surface area contributed by atoms with Gasteiger partial charge < -0.3 is 35.1 Å². The summed E-state index contributed by atoms with van der Waals surface area (Å²) >= 11 is 1.40. The first kappa shape index (κ1) is 25.2. The first-order valence-corrected chi connectivity index (χ1v) is 12.3. The number of hydrogen-bond donors (Lipinski definition) is 4. The van der Waals surface area contributed by atoms with Gasteiger partial charge >= 0.3 is 6.09 Å². The summed E-state index contributed by atoms with van der Waals surface area (Å²) in [6, 6.07) is 17.4. The minimum atomic E-state index is -0.679. The fraction of sp³-hybridized carbons (Fsp3) is 0.231. The highest BCUT2D eigenvalue weighted by Crippen LogP contribution is 2.38. The van der Waals surface area contributed by atoms with E-state index in [1.807, 2.05) is 60.0 Å². The Hall–Kier alpha value is -3.86. The fourth-order valence-electron chi connectivity index (χ4n) is 3.42. The predicted octanol–water partition coefficient (Wildman–Crippen LogP) is 3.94. The van der Waals surface area contributed by atoms with Crippen LogP contribution in [0.2, 0.25) is 0 Å². The van der Waals surface area contributed by atoms with Crippen molar-refractivity contribution in [3.8, 4) is 17.2 Å². The minimum Gasteiger partial charge on any atom is -0.489 e. The molecule has 0 fully saturated rings. The molecule has 4 aromatic rings. The van der Waals surface area contributed by atoms with Crippen molar-refractivity contribution >= 4 is 33.3 Å². The van der Waals surface area contributed by atoms with Crippen molar-refractivity contribution < 1.29 is 29.2 Å². The first-order valence-electron chi connectivity index (χ1n) is 11.4. The largest absolute Gasteiger partial charge is 0.489 e. The van der Waals surface area contributed by atoms with Crippen LogP contribution in [0.25, 0.3) is 10.1 Å². The number of nitrogens with zero attached hydrogens (tertiary/aromatic N) is 1. The predicted molar refractivity (Wildman–Crippen MR) is 138 cm³/mol. The fourth-order valence-corrected chi connectivity index (χ4v) is 4.42. The van der Waals surface area contributed by atoms with Gasteiger partial charge in [0.1, 0.15) is 30.5 Å². The van der Waals surface area contributed by atoms with E-state index in [4.69, 9.17) is 19.3 Å². The van der Waals surface area contributed by atoms with Crippen LogP contribution in [-0.2, 0) is 13.2 Å². The number of pyridine rings is 1. The molecule has 0 bridgehead atoms. The zero-order chi connectivity index (χ0) is 25.2.